The Morgan fingerprint density at radius 1 is 1.15 bits per heavy atom. The number of carbonyl (C=O) groups is 2. The maximum absolute atomic E-state index is 12.1. The van der Waals surface area contributed by atoms with Gasteiger partial charge in [-0.3, -0.25) is 9.59 Å². The number of halogens is 2. The summed E-state index contributed by atoms with van der Waals surface area (Å²) in [5.41, 5.74) is -0.661. The smallest absolute Gasteiger partial charge is 0.317 e. The average molecular weight is 315 g/mol. The van der Waals surface area contributed by atoms with Gasteiger partial charge in [0.15, 0.2) is 5.78 Å². The molecule has 1 atom stereocenters. The lowest BCUT2D eigenvalue weighted by Crippen LogP contribution is -2.26. The summed E-state index contributed by atoms with van der Waals surface area (Å²) in [5, 5.41) is 9.36. The molecule has 0 spiro atoms. The van der Waals surface area contributed by atoms with Gasteiger partial charge in [-0.15, -0.1) is 0 Å². The van der Waals surface area contributed by atoms with Gasteiger partial charge in [-0.1, -0.05) is 68.2 Å². The molecule has 1 aromatic carbocycles. The Labute approximate surface area is 127 Å². The Balaban J connectivity index is 2.35. The fourth-order valence-corrected chi connectivity index (χ4v) is 3.08. The summed E-state index contributed by atoms with van der Waals surface area (Å²) in [6.07, 6.45) is 0.172. The molecule has 1 aromatic rings. The zero-order valence-corrected chi connectivity index (χ0v) is 13.0. The third-order valence-electron chi connectivity index (χ3n) is 3.67. The van der Waals surface area contributed by atoms with E-state index in [1.165, 1.54) is 0 Å². The molecule has 3 nitrogen and oxygen atoms in total. The maximum atomic E-state index is 12.1. The summed E-state index contributed by atoms with van der Waals surface area (Å²) >= 11 is 12.0. The first-order valence-electron chi connectivity index (χ1n) is 6.29. The van der Waals surface area contributed by atoms with Gasteiger partial charge in [0.1, 0.15) is 9.75 Å². The Hall–Kier alpha value is -1.06. The number of carboxylic acids is 1. The minimum atomic E-state index is -1.28. The van der Waals surface area contributed by atoms with Crippen LogP contribution >= 0.6 is 23.2 Å². The Morgan fingerprint density at radius 3 is 1.90 bits per heavy atom. The monoisotopic (exact) mass is 314 g/mol. The van der Waals surface area contributed by atoms with Crippen molar-refractivity contribution in [3.05, 3.63) is 35.4 Å². The largest absolute Gasteiger partial charge is 0.480 e. The molecule has 108 valence electrons. The van der Waals surface area contributed by atoms with E-state index >= 15 is 0 Å². The summed E-state index contributed by atoms with van der Waals surface area (Å²) in [7, 11) is 0. The van der Waals surface area contributed by atoms with Crippen LogP contribution in [0.5, 0.6) is 0 Å². The highest BCUT2D eigenvalue weighted by atomic mass is 35.5. The first kappa shape index (κ1) is 15.3. The first-order valence-corrected chi connectivity index (χ1v) is 7.04. The topological polar surface area (TPSA) is 54.4 Å². The van der Waals surface area contributed by atoms with E-state index in [1.54, 1.807) is 24.3 Å². The molecule has 1 fully saturated rings. The molecular formula is C15H16Cl2O3. The highest BCUT2D eigenvalue weighted by Gasteiger charge is 2.72. The van der Waals surface area contributed by atoms with E-state index < -0.39 is 21.1 Å². The number of aliphatic carboxylic acids is 1. The molecule has 1 saturated carbocycles. The van der Waals surface area contributed by atoms with Crippen molar-refractivity contribution in [3.8, 4) is 0 Å². The van der Waals surface area contributed by atoms with Gasteiger partial charge in [-0.05, 0) is 5.56 Å². The van der Waals surface area contributed by atoms with Crippen LogP contribution < -0.4 is 0 Å². The van der Waals surface area contributed by atoms with Crippen molar-refractivity contribution in [1.82, 2.24) is 0 Å². The average Bonchev–Trinajstić information content (AvgIpc) is 2.92. The van der Waals surface area contributed by atoms with Gasteiger partial charge >= 0.3 is 5.97 Å². The van der Waals surface area contributed by atoms with Gasteiger partial charge in [-0.25, -0.2) is 0 Å². The summed E-state index contributed by atoms with van der Waals surface area (Å²) in [6.45, 7) is 5.52. The van der Waals surface area contributed by atoms with E-state index in [9.17, 15) is 14.7 Å². The molecular weight excluding hydrogens is 299 g/mol. The van der Waals surface area contributed by atoms with Crippen molar-refractivity contribution in [2.24, 2.45) is 5.41 Å². The molecule has 1 N–H and O–H groups in total. The van der Waals surface area contributed by atoms with Crippen LogP contribution in [-0.2, 0) is 10.2 Å². The number of Topliss-reactive ketones (excluding diaryl/α,β-unsaturated/α-hetero) is 1. The number of hydrogen-bond donors (Lipinski definition) is 1. The second-order valence-corrected chi connectivity index (χ2v) is 7.73. The SMILES string of the molecule is CC(C)(C)C(=O)c1ccc(C2(C(=O)O)CC2(Cl)Cl)cc1. The molecule has 0 aromatic heterocycles. The molecule has 0 saturated heterocycles. The van der Waals surface area contributed by atoms with Crippen LogP contribution in [0.15, 0.2) is 24.3 Å². The molecule has 5 heteroatoms. The predicted molar refractivity (Wildman–Crippen MR) is 78.6 cm³/mol. The number of carboxylic acid groups (broad SMARTS) is 1. The molecule has 1 aliphatic carbocycles. The zero-order valence-electron chi connectivity index (χ0n) is 11.5. The van der Waals surface area contributed by atoms with Gasteiger partial charge in [0.25, 0.3) is 0 Å². The molecule has 0 aliphatic heterocycles. The lowest BCUT2D eigenvalue weighted by Gasteiger charge is -2.18. The van der Waals surface area contributed by atoms with Crippen LogP contribution in [0.4, 0.5) is 0 Å². The third-order valence-corrected chi connectivity index (χ3v) is 4.59. The van der Waals surface area contributed by atoms with Crippen molar-refractivity contribution in [2.45, 2.75) is 36.9 Å². The Kier molecular flexibility index (Phi) is 3.43. The minimum absolute atomic E-state index is 0.00670. The molecule has 2 rings (SSSR count). The molecule has 1 unspecified atom stereocenters. The quantitative estimate of drug-likeness (QED) is 0.681. The zero-order chi connectivity index (χ0) is 15.3. The standard InChI is InChI=1S/C15H16Cl2O3/c1-13(2,3)11(18)9-4-6-10(7-5-9)14(12(19)20)8-15(14,16)17/h4-7H,8H2,1-3H3,(H,19,20). The van der Waals surface area contributed by atoms with Gasteiger partial charge in [0.2, 0.25) is 0 Å². The van der Waals surface area contributed by atoms with E-state index in [4.69, 9.17) is 23.2 Å². The number of carbonyl (C=O) groups excluding carboxylic acids is 1. The van der Waals surface area contributed by atoms with Crippen molar-refractivity contribution < 1.29 is 14.7 Å². The van der Waals surface area contributed by atoms with Crippen LogP contribution in [0.25, 0.3) is 0 Å². The summed E-state index contributed by atoms with van der Waals surface area (Å²) in [4.78, 5) is 23.6. The van der Waals surface area contributed by atoms with Crippen molar-refractivity contribution >= 4 is 35.0 Å². The molecule has 1 aliphatic rings. The number of benzene rings is 1. The van der Waals surface area contributed by atoms with Crippen molar-refractivity contribution in [3.63, 3.8) is 0 Å². The Morgan fingerprint density at radius 2 is 1.60 bits per heavy atom. The lowest BCUT2D eigenvalue weighted by molar-refractivity contribution is -0.140. The summed E-state index contributed by atoms with van der Waals surface area (Å²) < 4.78 is -1.28. The van der Waals surface area contributed by atoms with Gasteiger partial charge < -0.3 is 5.11 Å². The lowest BCUT2D eigenvalue weighted by atomic mass is 9.85. The van der Waals surface area contributed by atoms with E-state index in [1.807, 2.05) is 20.8 Å². The van der Waals surface area contributed by atoms with Crippen molar-refractivity contribution in [2.75, 3.05) is 0 Å². The normalized spacial score (nSPS) is 24.2. The van der Waals surface area contributed by atoms with Gasteiger partial charge in [-0.2, -0.15) is 0 Å². The number of hydrogen-bond acceptors (Lipinski definition) is 2. The predicted octanol–water partition coefficient (Wildman–Crippen LogP) is 3.82. The van der Waals surface area contributed by atoms with Crippen molar-refractivity contribution in [1.29, 1.82) is 0 Å². The minimum Gasteiger partial charge on any atom is -0.480 e. The van der Waals surface area contributed by atoms with E-state index in [0.29, 0.717) is 11.1 Å². The van der Waals surface area contributed by atoms with Crippen LogP contribution in [0, 0.1) is 5.41 Å². The van der Waals surface area contributed by atoms with Crippen LogP contribution in [0.2, 0.25) is 0 Å². The second kappa shape index (κ2) is 4.47. The first-order chi connectivity index (χ1) is 9.02. The molecule has 20 heavy (non-hydrogen) atoms. The van der Waals surface area contributed by atoms with E-state index in [2.05, 4.69) is 0 Å². The fraction of sp³-hybridized carbons (Fsp3) is 0.467. The van der Waals surface area contributed by atoms with Crippen LogP contribution in [0.1, 0.15) is 43.1 Å². The molecule has 0 bridgehead atoms. The van der Waals surface area contributed by atoms with E-state index in [-0.39, 0.29) is 12.2 Å². The highest BCUT2D eigenvalue weighted by molar-refractivity contribution is 6.54. The summed E-state index contributed by atoms with van der Waals surface area (Å²) in [6, 6.07) is 6.52. The van der Waals surface area contributed by atoms with E-state index in [0.717, 1.165) is 0 Å². The molecule has 0 heterocycles. The third kappa shape index (κ3) is 2.23. The number of alkyl halides is 2. The molecule has 0 amide bonds. The van der Waals surface area contributed by atoms with Gasteiger partial charge in [0.05, 0.1) is 0 Å². The highest BCUT2D eigenvalue weighted by Crippen LogP contribution is 2.64. The fourth-order valence-electron chi connectivity index (χ4n) is 2.30. The van der Waals surface area contributed by atoms with Gasteiger partial charge in [0, 0.05) is 17.4 Å². The van der Waals surface area contributed by atoms with Crippen LogP contribution in [0.3, 0.4) is 0 Å². The summed E-state index contributed by atoms with van der Waals surface area (Å²) in [5.74, 6) is -1.04. The Bertz CT molecular complexity index is 570. The number of ketones is 1. The number of rotatable bonds is 3. The van der Waals surface area contributed by atoms with Crippen LogP contribution in [-0.4, -0.2) is 21.2 Å². The molecule has 0 radical (unpaired) electrons. The maximum Gasteiger partial charge on any atom is 0.317 e. The second-order valence-electron chi connectivity index (χ2n) is 6.25.